The molecule has 0 aromatic heterocycles. The van der Waals surface area contributed by atoms with Gasteiger partial charge in [-0.2, -0.15) is 0 Å². The van der Waals surface area contributed by atoms with E-state index in [0.717, 1.165) is 15.4 Å². The summed E-state index contributed by atoms with van der Waals surface area (Å²) < 4.78 is 29.3. The first-order chi connectivity index (χ1) is 20.5. The smallest absolute Gasteiger partial charge is 0.264 e. The summed E-state index contributed by atoms with van der Waals surface area (Å²) in [5, 5.41) is 3.31. The van der Waals surface area contributed by atoms with Crippen LogP contribution in [0.4, 0.5) is 5.69 Å². The van der Waals surface area contributed by atoms with Crippen molar-refractivity contribution < 1.29 is 18.0 Å². The molecule has 0 saturated carbocycles. The summed E-state index contributed by atoms with van der Waals surface area (Å²) in [6.45, 7) is 3.02. The van der Waals surface area contributed by atoms with Crippen LogP contribution in [0.15, 0.2) is 102 Å². The van der Waals surface area contributed by atoms with Gasteiger partial charge in [0.25, 0.3) is 10.0 Å². The van der Waals surface area contributed by atoms with Crippen LogP contribution in [0, 0.1) is 13.8 Å². The number of carbonyl (C=O) groups is 2. The number of sulfonamides is 1. The average molecular weight is 639 g/mol. The molecule has 0 heterocycles. The van der Waals surface area contributed by atoms with Gasteiger partial charge in [0.05, 0.1) is 10.6 Å². The van der Waals surface area contributed by atoms with Crippen molar-refractivity contribution in [1.82, 2.24) is 10.2 Å². The third kappa shape index (κ3) is 7.57. The van der Waals surface area contributed by atoms with Crippen molar-refractivity contribution in [2.75, 3.05) is 17.9 Å². The minimum absolute atomic E-state index is 0.0376. The van der Waals surface area contributed by atoms with E-state index < -0.39 is 34.4 Å². The van der Waals surface area contributed by atoms with E-state index in [1.807, 2.05) is 43.3 Å². The number of hydrogen-bond donors (Lipinski definition) is 1. The summed E-state index contributed by atoms with van der Waals surface area (Å²) in [4.78, 5) is 29.2. The first kappa shape index (κ1) is 32.1. The van der Waals surface area contributed by atoms with Crippen molar-refractivity contribution in [3.8, 4) is 0 Å². The monoisotopic (exact) mass is 637 g/mol. The maximum atomic E-state index is 14.4. The number of benzene rings is 4. The predicted molar refractivity (Wildman–Crippen MR) is 172 cm³/mol. The fourth-order valence-electron chi connectivity index (χ4n) is 4.89. The Bertz CT molecular complexity index is 1680. The van der Waals surface area contributed by atoms with Crippen LogP contribution in [0.2, 0.25) is 10.0 Å². The van der Waals surface area contributed by atoms with Crippen molar-refractivity contribution in [1.29, 1.82) is 0 Å². The molecule has 0 aliphatic carbocycles. The van der Waals surface area contributed by atoms with Gasteiger partial charge in [0.1, 0.15) is 12.6 Å². The number of amides is 2. The number of carbonyl (C=O) groups excluding carboxylic acids is 2. The number of aryl methyl sites for hydroxylation is 2. The molecule has 0 spiro atoms. The SMILES string of the molecule is CNC(=O)[C@H](Cc1ccccc1)N(Cc1c(Cl)cccc1Cl)C(=O)CN(c1ccc(C)cc1C)S(=O)(=O)c1ccccc1. The molecule has 224 valence electrons. The second-order valence-corrected chi connectivity index (χ2v) is 12.8. The number of nitrogens with one attached hydrogen (secondary N) is 1. The molecule has 0 bridgehead atoms. The fourth-order valence-corrected chi connectivity index (χ4v) is 6.91. The highest BCUT2D eigenvalue weighted by Gasteiger charge is 2.35. The average Bonchev–Trinajstić information content (AvgIpc) is 2.99. The molecule has 7 nitrogen and oxygen atoms in total. The van der Waals surface area contributed by atoms with Crippen molar-refractivity contribution in [2.45, 2.75) is 37.8 Å². The second-order valence-electron chi connectivity index (χ2n) is 10.2. The Hall–Kier alpha value is -3.85. The highest BCUT2D eigenvalue weighted by Crippen LogP contribution is 2.30. The maximum absolute atomic E-state index is 14.4. The molecule has 43 heavy (non-hydrogen) atoms. The van der Waals surface area contributed by atoms with Crippen molar-refractivity contribution in [2.24, 2.45) is 0 Å². The van der Waals surface area contributed by atoms with Gasteiger partial charge in [-0.15, -0.1) is 0 Å². The standard InChI is InChI=1S/C33H33Cl2N3O4S/c1-23-17-18-30(24(2)19-23)38(43(41,42)26-13-8-5-9-14-26)22-32(39)37(21-27-28(34)15-10-16-29(27)35)31(33(40)36-3)20-25-11-6-4-7-12-25/h4-19,31H,20-22H2,1-3H3,(H,36,40)/t31-/m0/s1. The Morgan fingerprint density at radius 3 is 2.02 bits per heavy atom. The molecular weight excluding hydrogens is 605 g/mol. The van der Waals surface area contributed by atoms with Crippen LogP contribution >= 0.6 is 23.2 Å². The van der Waals surface area contributed by atoms with E-state index in [9.17, 15) is 18.0 Å². The zero-order valence-electron chi connectivity index (χ0n) is 24.1. The predicted octanol–water partition coefficient (Wildman–Crippen LogP) is 6.19. The summed E-state index contributed by atoms with van der Waals surface area (Å²) in [5.74, 6) is -1.01. The third-order valence-corrected chi connectivity index (χ3v) is 9.62. The zero-order chi connectivity index (χ0) is 31.1. The summed E-state index contributed by atoms with van der Waals surface area (Å²) in [7, 11) is -2.69. The van der Waals surface area contributed by atoms with Crippen LogP contribution < -0.4 is 9.62 Å². The molecular formula is C33H33Cl2N3O4S. The van der Waals surface area contributed by atoms with Gasteiger partial charge < -0.3 is 10.2 Å². The summed E-state index contributed by atoms with van der Waals surface area (Å²) in [6.07, 6.45) is 0.184. The van der Waals surface area contributed by atoms with Gasteiger partial charge in [-0.1, -0.05) is 95.5 Å². The third-order valence-electron chi connectivity index (χ3n) is 7.14. The van der Waals surface area contributed by atoms with Crippen LogP contribution in [0.5, 0.6) is 0 Å². The Morgan fingerprint density at radius 2 is 1.44 bits per heavy atom. The Balaban J connectivity index is 1.84. The number of hydrogen-bond acceptors (Lipinski definition) is 4. The lowest BCUT2D eigenvalue weighted by Crippen LogP contribution is -2.53. The van der Waals surface area contributed by atoms with E-state index >= 15 is 0 Å². The molecule has 0 aliphatic heterocycles. The van der Waals surface area contributed by atoms with Gasteiger partial charge in [-0.05, 0) is 55.3 Å². The minimum atomic E-state index is -4.18. The number of nitrogens with zero attached hydrogens (tertiary/aromatic N) is 2. The zero-order valence-corrected chi connectivity index (χ0v) is 26.5. The number of anilines is 1. The van der Waals surface area contributed by atoms with Gasteiger partial charge in [-0.25, -0.2) is 8.42 Å². The summed E-state index contributed by atoms with van der Waals surface area (Å²) in [5.41, 5.74) is 3.26. The Kier molecular flexibility index (Phi) is 10.5. The van der Waals surface area contributed by atoms with Crippen LogP contribution in [0.25, 0.3) is 0 Å². The van der Waals surface area contributed by atoms with E-state index in [4.69, 9.17) is 23.2 Å². The van der Waals surface area contributed by atoms with Crippen LogP contribution in [0.3, 0.4) is 0 Å². The lowest BCUT2D eigenvalue weighted by atomic mass is 10.0. The molecule has 0 fully saturated rings. The number of rotatable bonds is 11. The Labute approximate surface area is 263 Å². The maximum Gasteiger partial charge on any atom is 0.264 e. The van der Waals surface area contributed by atoms with Crippen molar-refractivity contribution >= 4 is 50.7 Å². The van der Waals surface area contributed by atoms with Crippen molar-refractivity contribution in [3.05, 3.63) is 129 Å². The van der Waals surface area contributed by atoms with E-state index in [2.05, 4.69) is 5.32 Å². The van der Waals surface area contributed by atoms with Gasteiger partial charge >= 0.3 is 0 Å². The summed E-state index contributed by atoms with van der Waals surface area (Å²) in [6, 6.07) is 26.6. The molecule has 10 heteroatoms. The molecule has 0 radical (unpaired) electrons. The topological polar surface area (TPSA) is 86.8 Å². The highest BCUT2D eigenvalue weighted by molar-refractivity contribution is 7.92. The van der Waals surface area contributed by atoms with E-state index in [0.29, 0.717) is 26.9 Å². The first-order valence-electron chi connectivity index (χ1n) is 13.7. The van der Waals surface area contributed by atoms with Gasteiger partial charge in [-0.3, -0.25) is 13.9 Å². The minimum Gasteiger partial charge on any atom is -0.357 e. The fraction of sp³-hybridized carbons (Fsp3) is 0.212. The van der Waals surface area contributed by atoms with E-state index in [1.165, 1.54) is 24.1 Å². The normalized spacial score (nSPS) is 11.9. The molecule has 4 aromatic rings. The molecule has 0 unspecified atom stereocenters. The Morgan fingerprint density at radius 1 is 0.837 bits per heavy atom. The van der Waals surface area contributed by atoms with Gasteiger partial charge in [0.15, 0.2) is 0 Å². The molecule has 4 rings (SSSR count). The van der Waals surface area contributed by atoms with Crippen LogP contribution in [-0.2, 0) is 32.6 Å². The molecule has 0 aliphatic rings. The largest absolute Gasteiger partial charge is 0.357 e. The van der Waals surface area contributed by atoms with Crippen LogP contribution in [-0.4, -0.2) is 44.8 Å². The van der Waals surface area contributed by atoms with Gasteiger partial charge in [0, 0.05) is 35.6 Å². The lowest BCUT2D eigenvalue weighted by molar-refractivity contribution is -0.139. The van der Waals surface area contributed by atoms with E-state index in [-0.39, 0.29) is 17.9 Å². The first-order valence-corrected chi connectivity index (χ1v) is 15.9. The number of likely N-dealkylation sites (N-methyl/N-ethyl adjacent to an activating group) is 1. The second kappa shape index (κ2) is 14.1. The van der Waals surface area contributed by atoms with E-state index in [1.54, 1.807) is 55.5 Å². The van der Waals surface area contributed by atoms with Crippen molar-refractivity contribution in [3.63, 3.8) is 0 Å². The number of halogens is 2. The quantitative estimate of drug-likeness (QED) is 0.212. The highest BCUT2D eigenvalue weighted by atomic mass is 35.5. The summed E-state index contributed by atoms with van der Waals surface area (Å²) >= 11 is 13.0. The lowest BCUT2D eigenvalue weighted by Gasteiger charge is -2.34. The molecule has 1 N–H and O–H groups in total. The van der Waals surface area contributed by atoms with Crippen LogP contribution in [0.1, 0.15) is 22.3 Å². The molecule has 2 amide bonds. The molecule has 1 atom stereocenters. The molecule has 4 aromatic carbocycles. The van der Waals surface area contributed by atoms with Gasteiger partial charge in [0.2, 0.25) is 11.8 Å². The molecule has 0 saturated heterocycles.